The lowest BCUT2D eigenvalue weighted by Crippen LogP contribution is -2.11. The van der Waals surface area contributed by atoms with Crippen molar-refractivity contribution in [1.29, 1.82) is 0 Å². The number of carbonyl (C=O) groups is 1. The van der Waals surface area contributed by atoms with E-state index in [1.165, 1.54) is 7.11 Å². The molecule has 5 rings (SSSR count). The van der Waals surface area contributed by atoms with Crippen molar-refractivity contribution in [2.45, 2.75) is 0 Å². The molecule has 1 amide bonds. The summed E-state index contributed by atoms with van der Waals surface area (Å²) in [4.78, 5) is 17.2. The molecule has 1 heterocycles. The van der Waals surface area contributed by atoms with Gasteiger partial charge in [0.25, 0.3) is 5.91 Å². The summed E-state index contributed by atoms with van der Waals surface area (Å²) in [7, 11) is 1.53. The summed E-state index contributed by atoms with van der Waals surface area (Å²) in [6.45, 7) is 0. The number of nitrogens with zero attached hydrogens (tertiary/aromatic N) is 1. The van der Waals surface area contributed by atoms with Crippen molar-refractivity contribution in [1.82, 2.24) is 4.98 Å². The lowest BCUT2D eigenvalue weighted by Gasteiger charge is -2.08. The molecule has 0 fully saturated rings. The Morgan fingerprint density at radius 1 is 1.00 bits per heavy atom. The fraction of sp³-hybridized carbons (Fsp3) is 0.0400. The van der Waals surface area contributed by atoms with E-state index in [0.717, 1.165) is 27.4 Å². The molecule has 0 saturated heterocycles. The predicted octanol–water partition coefficient (Wildman–Crippen LogP) is 6.56. The molecule has 1 N–H and O–H groups in total. The van der Waals surface area contributed by atoms with Gasteiger partial charge >= 0.3 is 0 Å². The number of benzene rings is 4. The van der Waals surface area contributed by atoms with Crippen molar-refractivity contribution < 1.29 is 13.9 Å². The zero-order valence-electron chi connectivity index (χ0n) is 16.6. The van der Waals surface area contributed by atoms with E-state index in [-0.39, 0.29) is 5.91 Å². The van der Waals surface area contributed by atoms with Crippen LogP contribution in [0.4, 0.5) is 5.69 Å². The van der Waals surface area contributed by atoms with E-state index in [1.807, 2.05) is 54.6 Å². The van der Waals surface area contributed by atoms with Crippen molar-refractivity contribution in [2.24, 2.45) is 0 Å². The molecule has 0 aliphatic rings. The summed E-state index contributed by atoms with van der Waals surface area (Å²) in [6, 6.07) is 24.3. The van der Waals surface area contributed by atoms with Crippen LogP contribution in [0.3, 0.4) is 0 Å². The normalized spacial score (nSPS) is 11.0. The van der Waals surface area contributed by atoms with Gasteiger partial charge in [0, 0.05) is 22.2 Å². The van der Waals surface area contributed by atoms with Crippen LogP contribution >= 0.6 is 11.6 Å². The number of hydrogen-bond acceptors (Lipinski definition) is 4. The number of ether oxygens (including phenoxy) is 1. The van der Waals surface area contributed by atoms with Gasteiger partial charge in [-0.2, -0.15) is 0 Å². The maximum absolute atomic E-state index is 12.5. The molecule has 1 aromatic heterocycles. The number of fused-ring (bicyclic) bond motifs is 3. The predicted molar refractivity (Wildman–Crippen MR) is 123 cm³/mol. The van der Waals surface area contributed by atoms with E-state index in [0.29, 0.717) is 27.9 Å². The van der Waals surface area contributed by atoms with Crippen molar-refractivity contribution in [2.75, 3.05) is 12.4 Å². The highest BCUT2D eigenvalue weighted by Crippen LogP contribution is 2.30. The number of nitrogens with one attached hydrogen (secondary N) is 1. The molecule has 6 heteroatoms. The topological polar surface area (TPSA) is 64.4 Å². The van der Waals surface area contributed by atoms with Gasteiger partial charge in [0.15, 0.2) is 5.58 Å². The number of methoxy groups -OCH3 is 1. The largest absolute Gasteiger partial charge is 0.495 e. The Labute approximate surface area is 183 Å². The minimum atomic E-state index is -0.259. The minimum Gasteiger partial charge on any atom is -0.495 e. The zero-order valence-corrected chi connectivity index (χ0v) is 17.3. The van der Waals surface area contributed by atoms with E-state index in [1.54, 1.807) is 18.2 Å². The average Bonchev–Trinajstić information content (AvgIpc) is 3.24. The Balaban J connectivity index is 1.39. The summed E-state index contributed by atoms with van der Waals surface area (Å²) in [5.41, 5.74) is 3.50. The van der Waals surface area contributed by atoms with E-state index in [4.69, 9.17) is 25.7 Å². The van der Waals surface area contributed by atoms with Gasteiger partial charge in [-0.3, -0.25) is 4.79 Å². The molecular formula is C25H17ClN2O3. The Morgan fingerprint density at radius 2 is 1.81 bits per heavy atom. The Kier molecular flexibility index (Phi) is 4.81. The van der Waals surface area contributed by atoms with Crippen LogP contribution in [0, 0.1) is 0 Å². The van der Waals surface area contributed by atoms with Gasteiger partial charge in [-0.25, -0.2) is 4.98 Å². The van der Waals surface area contributed by atoms with Gasteiger partial charge < -0.3 is 14.5 Å². The second kappa shape index (κ2) is 7.78. The number of carbonyl (C=O) groups excluding carboxylic acids is 1. The van der Waals surface area contributed by atoms with Crippen LogP contribution in [0.25, 0.3) is 33.3 Å². The monoisotopic (exact) mass is 428 g/mol. The van der Waals surface area contributed by atoms with Gasteiger partial charge in [-0.05, 0) is 53.9 Å². The van der Waals surface area contributed by atoms with Gasteiger partial charge in [-0.1, -0.05) is 41.9 Å². The summed E-state index contributed by atoms with van der Waals surface area (Å²) in [5, 5.41) is 5.42. The summed E-state index contributed by atoms with van der Waals surface area (Å²) in [5.74, 6) is 0.797. The molecule has 0 aliphatic carbocycles. The molecule has 0 radical (unpaired) electrons. The van der Waals surface area contributed by atoms with E-state index < -0.39 is 0 Å². The van der Waals surface area contributed by atoms with Crippen LogP contribution < -0.4 is 10.1 Å². The first kappa shape index (κ1) is 19.2. The third-order valence-electron chi connectivity index (χ3n) is 5.09. The zero-order chi connectivity index (χ0) is 21.4. The molecule has 4 aromatic carbocycles. The Bertz CT molecular complexity index is 1420. The van der Waals surface area contributed by atoms with E-state index >= 15 is 0 Å². The van der Waals surface area contributed by atoms with E-state index in [2.05, 4.69) is 11.4 Å². The second-order valence-electron chi connectivity index (χ2n) is 7.03. The molecule has 0 atom stereocenters. The fourth-order valence-electron chi connectivity index (χ4n) is 3.49. The lowest BCUT2D eigenvalue weighted by atomic mass is 10.1. The number of hydrogen-bond donors (Lipinski definition) is 1. The molecule has 0 bridgehead atoms. The van der Waals surface area contributed by atoms with Crippen LogP contribution in [0.2, 0.25) is 5.02 Å². The summed E-state index contributed by atoms with van der Waals surface area (Å²) >= 11 is 6.11. The van der Waals surface area contributed by atoms with Crippen molar-refractivity contribution in [3.8, 4) is 17.2 Å². The van der Waals surface area contributed by atoms with Crippen molar-refractivity contribution in [3.05, 3.63) is 89.4 Å². The minimum absolute atomic E-state index is 0.259. The number of rotatable bonds is 4. The first-order valence-corrected chi connectivity index (χ1v) is 10.0. The number of anilines is 1. The Morgan fingerprint density at radius 3 is 2.58 bits per heavy atom. The van der Waals surface area contributed by atoms with Crippen molar-refractivity contribution >= 4 is 45.1 Å². The molecule has 0 unspecified atom stereocenters. The highest BCUT2D eigenvalue weighted by atomic mass is 35.5. The highest BCUT2D eigenvalue weighted by Gasteiger charge is 2.12. The third-order valence-corrected chi connectivity index (χ3v) is 5.38. The molecule has 5 aromatic rings. The molecule has 0 saturated carbocycles. The molecular weight excluding hydrogens is 412 g/mol. The lowest BCUT2D eigenvalue weighted by molar-refractivity contribution is 0.102. The van der Waals surface area contributed by atoms with Gasteiger partial charge in [0.05, 0.1) is 12.1 Å². The quantitative estimate of drug-likeness (QED) is 0.352. The van der Waals surface area contributed by atoms with Gasteiger partial charge in [0.1, 0.15) is 11.3 Å². The maximum atomic E-state index is 12.5. The number of aromatic nitrogens is 1. The molecule has 0 aliphatic heterocycles. The number of halogens is 1. The number of amides is 1. The average molecular weight is 429 g/mol. The molecule has 152 valence electrons. The smallest absolute Gasteiger partial charge is 0.255 e. The SMILES string of the molecule is COc1ccc(C(=O)Nc2ccc(-c3nc4c(ccc5ccccc54)o3)cc2)cc1Cl. The van der Waals surface area contributed by atoms with Gasteiger partial charge in [0.2, 0.25) is 5.89 Å². The molecule has 5 nitrogen and oxygen atoms in total. The molecule has 31 heavy (non-hydrogen) atoms. The summed E-state index contributed by atoms with van der Waals surface area (Å²) in [6.07, 6.45) is 0. The van der Waals surface area contributed by atoms with Crippen molar-refractivity contribution in [3.63, 3.8) is 0 Å². The first-order valence-electron chi connectivity index (χ1n) is 9.66. The fourth-order valence-corrected chi connectivity index (χ4v) is 3.75. The maximum Gasteiger partial charge on any atom is 0.255 e. The first-order chi connectivity index (χ1) is 15.1. The Hall–Kier alpha value is -3.83. The van der Waals surface area contributed by atoms with Crippen LogP contribution in [0.1, 0.15) is 10.4 Å². The molecule has 0 spiro atoms. The van der Waals surface area contributed by atoms with Crippen LogP contribution in [0.15, 0.2) is 83.3 Å². The highest BCUT2D eigenvalue weighted by molar-refractivity contribution is 6.32. The number of oxazole rings is 1. The van der Waals surface area contributed by atoms with Crippen LogP contribution in [-0.4, -0.2) is 18.0 Å². The summed E-state index contributed by atoms with van der Waals surface area (Å²) < 4.78 is 11.1. The van der Waals surface area contributed by atoms with Gasteiger partial charge in [-0.15, -0.1) is 0 Å². The standard InChI is InChI=1S/C25H17ClN2O3/c1-30-21-12-9-17(14-20(21)26)24(29)27-18-10-6-16(7-11-18)25-28-23-19-5-3-2-4-15(19)8-13-22(23)31-25/h2-14H,1H3,(H,27,29). The van der Waals surface area contributed by atoms with Crippen LogP contribution in [0.5, 0.6) is 5.75 Å². The second-order valence-corrected chi connectivity index (χ2v) is 7.44. The van der Waals surface area contributed by atoms with E-state index in [9.17, 15) is 4.79 Å². The third kappa shape index (κ3) is 3.60. The van der Waals surface area contributed by atoms with Crippen LogP contribution in [-0.2, 0) is 0 Å².